The summed E-state index contributed by atoms with van der Waals surface area (Å²) in [5.74, 6) is 1.99. The molecule has 0 amide bonds. The quantitative estimate of drug-likeness (QED) is 0.744. The molecule has 0 spiro atoms. The number of anilines is 3. The third-order valence-corrected chi connectivity index (χ3v) is 2.67. The Bertz CT molecular complexity index is 366. The summed E-state index contributed by atoms with van der Waals surface area (Å²) >= 11 is 0. The van der Waals surface area contributed by atoms with Gasteiger partial charge in [0.15, 0.2) is 0 Å². The lowest BCUT2D eigenvalue weighted by Crippen LogP contribution is -2.24. The fourth-order valence-corrected chi connectivity index (χ4v) is 1.54. The normalized spacial score (nSPS) is 10.3. The molecule has 0 radical (unpaired) electrons. The highest BCUT2D eigenvalue weighted by Crippen LogP contribution is 2.14. The van der Waals surface area contributed by atoms with Gasteiger partial charge in [0.05, 0.1) is 0 Å². The summed E-state index contributed by atoms with van der Waals surface area (Å²) in [6, 6.07) is 0. The Morgan fingerprint density at radius 2 is 1.67 bits per heavy atom. The highest BCUT2D eigenvalue weighted by molar-refractivity contribution is 5.43. The van der Waals surface area contributed by atoms with Crippen molar-refractivity contribution in [1.82, 2.24) is 15.0 Å². The minimum atomic E-state index is 0.603. The molecule has 0 aliphatic rings. The van der Waals surface area contributed by atoms with Crippen molar-refractivity contribution in [2.45, 2.75) is 26.2 Å². The first-order valence-corrected chi connectivity index (χ1v) is 6.40. The molecule has 18 heavy (non-hydrogen) atoms. The summed E-state index contributed by atoms with van der Waals surface area (Å²) in [4.78, 5) is 17.1. The van der Waals surface area contributed by atoms with Crippen LogP contribution in [-0.2, 0) is 0 Å². The molecule has 0 bridgehead atoms. The Kier molecular flexibility index (Phi) is 5.61. The lowest BCUT2D eigenvalue weighted by molar-refractivity contribution is 0.695. The Morgan fingerprint density at radius 3 is 2.22 bits per heavy atom. The molecule has 0 aliphatic carbocycles. The lowest BCUT2D eigenvalue weighted by Gasteiger charge is -2.19. The first-order valence-electron chi connectivity index (χ1n) is 6.40. The fraction of sp³-hybridized carbons (Fsp3) is 0.750. The van der Waals surface area contributed by atoms with Gasteiger partial charge in [0.25, 0.3) is 0 Å². The molecule has 102 valence electrons. The van der Waals surface area contributed by atoms with E-state index in [4.69, 9.17) is 0 Å². The van der Waals surface area contributed by atoms with Crippen LogP contribution < -0.4 is 15.1 Å². The number of aromatic nitrogens is 3. The number of unbranched alkanes of at least 4 members (excludes halogenated alkanes) is 2. The first kappa shape index (κ1) is 14.5. The zero-order valence-corrected chi connectivity index (χ0v) is 12.1. The van der Waals surface area contributed by atoms with Gasteiger partial charge in [-0.1, -0.05) is 19.8 Å². The molecule has 0 fully saturated rings. The fourth-order valence-electron chi connectivity index (χ4n) is 1.54. The van der Waals surface area contributed by atoms with Crippen LogP contribution in [0.15, 0.2) is 0 Å². The maximum absolute atomic E-state index is 4.45. The predicted molar refractivity (Wildman–Crippen MR) is 76.5 cm³/mol. The van der Waals surface area contributed by atoms with Crippen molar-refractivity contribution < 1.29 is 0 Å². The van der Waals surface area contributed by atoms with Crippen molar-refractivity contribution in [2.24, 2.45) is 0 Å². The minimum Gasteiger partial charge on any atom is -0.357 e. The third-order valence-electron chi connectivity index (χ3n) is 2.67. The second kappa shape index (κ2) is 6.98. The van der Waals surface area contributed by atoms with Gasteiger partial charge >= 0.3 is 0 Å². The second-order valence-electron chi connectivity index (χ2n) is 4.53. The van der Waals surface area contributed by atoms with Crippen LogP contribution in [0.5, 0.6) is 0 Å². The Morgan fingerprint density at radius 1 is 1.00 bits per heavy atom. The summed E-state index contributed by atoms with van der Waals surface area (Å²) in [6.07, 6.45) is 3.61. The SMILES string of the molecule is CCCCCN(C)c1nc(NC)nc(N(C)C)n1. The van der Waals surface area contributed by atoms with E-state index in [1.807, 2.05) is 33.1 Å². The van der Waals surface area contributed by atoms with Gasteiger partial charge in [0.1, 0.15) is 0 Å². The molecular formula is C12H24N6. The van der Waals surface area contributed by atoms with Crippen molar-refractivity contribution in [3.05, 3.63) is 0 Å². The van der Waals surface area contributed by atoms with E-state index in [-0.39, 0.29) is 0 Å². The number of rotatable bonds is 7. The summed E-state index contributed by atoms with van der Waals surface area (Å²) in [5, 5.41) is 2.97. The number of hydrogen-bond acceptors (Lipinski definition) is 6. The van der Waals surface area contributed by atoms with Gasteiger partial charge in [0.2, 0.25) is 17.8 Å². The van der Waals surface area contributed by atoms with E-state index in [9.17, 15) is 0 Å². The smallest absolute Gasteiger partial charge is 0.231 e. The van der Waals surface area contributed by atoms with E-state index in [2.05, 4.69) is 32.1 Å². The maximum Gasteiger partial charge on any atom is 0.231 e. The average Bonchev–Trinajstić information content (AvgIpc) is 2.38. The van der Waals surface area contributed by atoms with E-state index < -0.39 is 0 Å². The van der Waals surface area contributed by atoms with Crippen LogP contribution in [0, 0.1) is 0 Å². The van der Waals surface area contributed by atoms with Crippen molar-refractivity contribution in [2.75, 3.05) is 49.9 Å². The lowest BCUT2D eigenvalue weighted by atomic mass is 10.2. The molecule has 0 aromatic carbocycles. The zero-order valence-electron chi connectivity index (χ0n) is 12.1. The molecule has 6 nitrogen and oxygen atoms in total. The van der Waals surface area contributed by atoms with E-state index in [0.717, 1.165) is 13.0 Å². The molecule has 0 unspecified atom stereocenters. The minimum absolute atomic E-state index is 0.603. The second-order valence-corrected chi connectivity index (χ2v) is 4.53. The molecule has 1 aromatic heterocycles. The Balaban J connectivity index is 2.82. The van der Waals surface area contributed by atoms with Gasteiger partial charge in [0, 0.05) is 34.7 Å². The first-order chi connectivity index (χ1) is 8.58. The van der Waals surface area contributed by atoms with Crippen molar-refractivity contribution in [3.8, 4) is 0 Å². The van der Waals surface area contributed by atoms with Crippen LogP contribution in [0.3, 0.4) is 0 Å². The van der Waals surface area contributed by atoms with Crippen molar-refractivity contribution >= 4 is 17.8 Å². The van der Waals surface area contributed by atoms with Gasteiger partial charge in [-0.05, 0) is 6.42 Å². The highest BCUT2D eigenvalue weighted by atomic mass is 15.3. The van der Waals surface area contributed by atoms with Gasteiger partial charge < -0.3 is 15.1 Å². The van der Waals surface area contributed by atoms with E-state index >= 15 is 0 Å². The Hall–Kier alpha value is -1.59. The molecule has 0 saturated heterocycles. The van der Waals surface area contributed by atoms with Crippen LogP contribution in [0.1, 0.15) is 26.2 Å². The molecule has 6 heteroatoms. The van der Waals surface area contributed by atoms with Crippen LogP contribution in [-0.4, -0.2) is 49.7 Å². The molecule has 0 saturated carbocycles. The van der Waals surface area contributed by atoms with Gasteiger partial charge in [-0.2, -0.15) is 15.0 Å². The summed E-state index contributed by atoms with van der Waals surface area (Å²) in [7, 11) is 7.69. The molecule has 1 rings (SSSR count). The van der Waals surface area contributed by atoms with Crippen LogP contribution in [0.4, 0.5) is 17.8 Å². The van der Waals surface area contributed by atoms with E-state index in [1.165, 1.54) is 12.8 Å². The maximum atomic E-state index is 4.45. The number of hydrogen-bond donors (Lipinski definition) is 1. The number of nitrogens with one attached hydrogen (secondary N) is 1. The highest BCUT2D eigenvalue weighted by Gasteiger charge is 2.10. The zero-order chi connectivity index (χ0) is 13.5. The van der Waals surface area contributed by atoms with Crippen LogP contribution in [0.25, 0.3) is 0 Å². The predicted octanol–water partition coefficient (Wildman–Crippen LogP) is 1.61. The van der Waals surface area contributed by atoms with E-state index in [0.29, 0.717) is 17.8 Å². The summed E-state index contributed by atoms with van der Waals surface area (Å²) in [5.41, 5.74) is 0. The molecular weight excluding hydrogens is 228 g/mol. The van der Waals surface area contributed by atoms with Crippen molar-refractivity contribution in [3.63, 3.8) is 0 Å². The monoisotopic (exact) mass is 252 g/mol. The standard InChI is InChI=1S/C12H24N6/c1-6-7-8-9-18(5)12-15-10(13-2)14-11(16-12)17(3)4/h6-9H2,1-5H3,(H,13,14,15,16). The average molecular weight is 252 g/mol. The Labute approximate surface area is 109 Å². The third kappa shape index (κ3) is 4.01. The molecule has 1 N–H and O–H groups in total. The topological polar surface area (TPSA) is 57.2 Å². The van der Waals surface area contributed by atoms with Crippen LogP contribution >= 0.6 is 0 Å². The molecule has 1 aromatic rings. The van der Waals surface area contributed by atoms with Gasteiger partial charge in [-0.15, -0.1) is 0 Å². The van der Waals surface area contributed by atoms with Gasteiger partial charge in [-0.3, -0.25) is 0 Å². The molecule has 1 heterocycles. The molecule has 0 atom stereocenters. The summed E-state index contributed by atoms with van der Waals surface area (Å²) in [6.45, 7) is 3.17. The number of nitrogens with zero attached hydrogens (tertiary/aromatic N) is 5. The van der Waals surface area contributed by atoms with E-state index in [1.54, 1.807) is 0 Å². The van der Waals surface area contributed by atoms with Gasteiger partial charge in [-0.25, -0.2) is 0 Å². The van der Waals surface area contributed by atoms with Crippen molar-refractivity contribution in [1.29, 1.82) is 0 Å². The van der Waals surface area contributed by atoms with Crippen LogP contribution in [0.2, 0.25) is 0 Å². The largest absolute Gasteiger partial charge is 0.357 e. The summed E-state index contributed by atoms with van der Waals surface area (Å²) < 4.78 is 0. The molecule has 0 aliphatic heterocycles.